The highest BCUT2D eigenvalue weighted by Crippen LogP contribution is 2.20. The van der Waals surface area contributed by atoms with E-state index < -0.39 is 0 Å². The number of nitrogens with one attached hydrogen (secondary N) is 1. The largest absolute Gasteiger partial charge is 0.493 e. The SMILES string of the molecule is CCc1cccc(OCCc2nc(CNC3CC3)cs2)c1. The number of aryl methyl sites for hydroxylation is 1. The molecule has 1 heterocycles. The van der Waals surface area contributed by atoms with Gasteiger partial charge in [-0.15, -0.1) is 11.3 Å². The van der Waals surface area contributed by atoms with Crippen molar-refractivity contribution in [1.29, 1.82) is 0 Å². The van der Waals surface area contributed by atoms with Gasteiger partial charge in [0.2, 0.25) is 0 Å². The predicted octanol–water partition coefficient (Wildman–Crippen LogP) is 3.58. The van der Waals surface area contributed by atoms with Gasteiger partial charge in [-0.2, -0.15) is 0 Å². The second kappa shape index (κ2) is 7.05. The first-order valence-electron chi connectivity index (χ1n) is 7.72. The summed E-state index contributed by atoms with van der Waals surface area (Å²) < 4.78 is 5.82. The molecule has 1 aromatic heterocycles. The third-order valence-corrected chi connectivity index (χ3v) is 4.60. The van der Waals surface area contributed by atoms with E-state index in [0.29, 0.717) is 6.61 Å². The minimum atomic E-state index is 0.691. The number of rotatable bonds is 8. The summed E-state index contributed by atoms with van der Waals surface area (Å²) in [5.41, 5.74) is 2.48. The van der Waals surface area contributed by atoms with E-state index in [2.05, 4.69) is 40.8 Å². The molecule has 2 aromatic rings. The number of hydrogen-bond donors (Lipinski definition) is 1. The number of ether oxygens (including phenoxy) is 1. The van der Waals surface area contributed by atoms with Crippen molar-refractivity contribution in [1.82, 2.24) is 10.3 Å². The molecular formula is C17H22N2OS. The maximum atomic E-state index is 5.82. The molecule has 1 aromatic carbocycles. The molecule has 1 aliphatic rings. The molecule has 1 N–H and O–H groups in total. The summed E-state index contributed by atoms with van der Waals surface area (Å²) in [7, 11) is 0. The molecule has 0 unspecified atom stereocenters. The molecule has 3 nitrogen and oxygen atoms in total. The fourth-order valence-corrected chi connectivity index (χ4v) is 2.97. The summed E-state index contributed by atoms with van der Waals surface area (Å²) in [6.45, 7) is 3.75. The van der Waals surface area contributed by atoms with Gasteiger partial charge in [-0.1, -0.05) is 19.1 Å². The van der Waals surface area contributed by atoms with Crippen molar-refractivity contribution in [2.45, 2.75) is 45.2 Å². The van der Waals surface area contributed by atoms with E-state index in [9.17, 15) is 0 Å². The van der Waals surface area contributed by atoms with Gasteiger partial charge in [0.25, 0.3) is 0 Å². The van der Waals surface area contributed by atoms with Crippen LogP contribution in [0.25, 0.3) is 0 Å². The average Bonchev–Trinajstić information content (AvgIpc) is 3.24. The normalized spacial score (nSPS) is 14.3. The van der Waals surface area contributed by atoms with Crippen LogP contribution in [0, 0.1) is 0 Å². The Hall–Kier alpha value is -1.39. The third-order valence-electron chi connectivity index (χ3n) is 3.64. The minimum Gasteiger partial charge on any atom is -0.493 e. The lowest BCUT2D eigenvalue weighted by molar-refractivity contribution is 0.321. The predicted molar refractivity (Wildman–Crippen MR) is 87.0 cm³/mol. The van der Waals surface area contributed by atoms with E-state index in [1.54, 1.807) is 11.3 Å². The van der Waals surface area contributed by atoms with Crippen LogP contribution in [0.3, 0.4) is 0 Å². The van der Waals surface area contributed by atoms with Crippen LogP contribution in [0.1, 0.15) is 36.0 Å². The van der Waals surface area contributed by atoms with Gasteiger partial charge in [0.05, 0.1) is 17.3 Å². The average molecular weight is 302 g/mol. The van der Waals surface area contributed by atoms with Crippen LogP contribution in [0.5, 0.6) is 5.75 Å². The summed E-state index contributed by atoms with van der Waals surface area (Å²) >= 11 is 1.73. The van der Waals surface area contributed by atoms with Crippen molar-refractivity contribution in [2.24, 2.45) is 0 Å². The zero-order valence-corrected chi connectivity index (χ0v) is 13.3. The molecule has 0 atom stereocenters. The second-order valence-corrected chi connectivity index (χ2v) is 6.43. The van der Waals surface area contributed by atoms with Gasteiger partial charge >= 0.3 is 0 Å². The lowest BCUT2D eigenvalue weighted by atomic mass is 10.2. The summed E-state index contributed by atoms with van der Waals surface area (Å²) in [6, 6.07) is 9.06. The standard InChI is InChI=1S/C17H22N2OS/c1-2-13-4-3-5-16(10-13)20-9-8-17-19-15(12-21-17)11-18-14-6-7-14/h3-5,10,12,14,18H,2,6-9,11H2,1H3. The van der Waals surface area contributed by atoms with E-state index in [-0.39, 0.29) is 0 Å². The lowest BCUT2D eigenvalue weighted by Crippen LogP contribution is -2.15. The van der Waals surface area contributed by atoms with Crippen LogP contribution >= 0.6 is 11.3 Å². The zero-order valence-electron chi connectivity index (χ0n) is 12.5. The molecule has 1 saturated carbocycles. The number of nitrogens with zero attached hydrogens (tertiary/aromatic N) is 1. The smallest absolute Gasteiger partial charge is 0.119 e. The Morgan fingerprint density at radius 3 is 3.10 bits per heavy atom. The Morgan fingerprint density at radius 1 is 1.38 bits per heavy atom. The molecule has 0 saturated heterocycles. The van der Waals surface area contributed by atoms with Gasteiger partial charge < -0.3 is 10.1 Å². The molecule has 4 heteroatoms. The molecule has 0 amide bonds. The first kappa shape index (κ1) is 14.5. The number of aromatic nitrogens is 1. The Morgan fingerprint density at radius 2 is 2.29 bits per heavy atom. The molecule has 0 spiro atoms. The monoisotopic (exact) mass is 302 g/mol. The van der Waals surface area contributed by atoms with Crippen molar-refractivity contribution in [3.05, 3.63) is 45.9 Å². The number of benzene rings is 1. The minimum absolute atomic E-state index is 0.691. The summed E-state index contributed by atoms with van der Waals surface area (Å²) in [6.07, 6.45) is 4.56. The summed E-state index contributed by atoms with van der Waals surface area (Å²) in [4.78, 5) is 4.65. The fourth-order valence-electron chi connectivity index (χ4n) is 2.19. The summed E-state index contributed by atoms with van der Waals surface area (Å²) in [5, 5.41) is 6.81. The lowest BCUT2D eigenvalue weighted by Gasteiger charge is -2.06. The Balaban J connectivity index is 1.43. The molecule has 112 valence electrons. The van der Waals surface area contributed by atoms with Crippen LogP contribution in [0.4, 0.5) is 0 Å². The van der Waals surface area contributed by atoms with Crippen molar-refractivity contribution >= 4 is 11.3 Å². The van der Waals surface area contributed by atoms with Crippen LogP contribution in [-0.4, -0.2) is 17.6 Å². The van der Waals surface area contributed by atoms with Gasteiger partial charge in [-0.25, -0.2) is 4.98 Å². The highest BCUT2D eigenvalue weighted by Gasteiger charge is 2.20. The van der Waals surface area contributed by atoms with E-state index in [1.807, 2.05) is 6.07 Å². The number of hydrogen-bond acceptors (Lipinski definition) is 4. The third kappa shape index (κ3) is 4.55. The maximum Gasteiger partial charge on any atom is 0.119 e. The van der Waals surface area contributed by atoms with Gasteiger partial charge in [-0.05, 0) is 37.0 Å². The van der Waals surface area contributed by atoms with Gasteiger partial charge in [0.15, 0.2) is 0 Å². The molecule has 3 rings (SSSR count). The van der Waals surface area contributed by atoms with Crippen LogP contribution in [0.15, 0.2) is 29.6 Å². The summed E-state index contributed by atoms with van der Waals surface area (Å²) in [5.74, 6) is 0.960. The molecule has 1 fully saturated rings. The molecular weight excluding hydrogens is 280 g/mol. The molecule has 21 heavy (non-hydrogen) atoms. The first-order chi connectivity index (χ1) is 10.3. The van der Waals surface area contributed by atoms with Gasteiger partial charge in [-0.3, -0.25) is 0 Å². The highest BCUT2D eigenvalue weighted by molar-refractivity contribution is 7.09. The quantitative estimate of drug-likeness (QED) is 0.809. The Bertz CT molecular complexity index is 578. The molecule has 0 radical (unpaired) electrons. The fraction of sp³-hybridized carbons (Fsp3) is 0.471. The zero-order chi connectivity index (χ0) is 14.5. The number of thiazole rings is 1. The highest BCUT2D eigenvalue weighted by atomic mass is 32.1. The molecule has 1 aliphatic carbocycles. The van der Waals surface area contributed by atoms with Crippen molar-refractivity contribution in [2.75, 3.05) is 6.61 Å². The van der Waals surface area contributed by atoms with Crippen molar-refractivity contribution in [3.8, 4) is 5.75 Å². The van der Waals surface area contributed by atoms with Crippen molar-refractivity contribution in [3.63, 3.8) is 0 Å². The van der Waals surface area contributed by atoms with E-state index in [0.717, 1.165) is 41.9 Å². The Labute approximate surface area is 130 Å². The van der Waals surface area contributed by atoms with Gasteiger partial charge in [0, 0.05) is 24.4 Å². The van der Waals surface area contributed by atoms with Crippen molar-refractivity contribution < 1.29 is 4.74 Å². The molecule has 0 aliphatic heterocycles. The van der Waals surface area contributed by atoms with Crippen LogP contribution in [0.2, 0.25) is 0 Å². The first-order valence-corrected chi connectivity index (χ1v) is 8.60. The second-order valence-electron chi connectivity index (χ2n) is 5.49. The Kier molecular flexibility index (Phi) is 4.88. The van der Waals surface area contributed by atoms with E-state index in [4.69, 9.17) is 4.74 Å². The van der Waals surface area contributed by atoms with E-state index in [1.165, 1.54) is 18.4 Å². The topological polar surface area (TPSA) is 34.1 Å². The van der Waals surface area contributed by atoms with Crippen LogP contribution < -0.4 is 10.1 Å². The molecule has 0 bridgehead atoms. The van der Waals surface area contributed by atoms with E-state index >= 15 is 0 Å². The van der Waals surface area contributed by atoms with Crippen LogP contribution in [-0.2, 0) is 19.4 Å². The maximum absolute atomic E-state index is 5.82. The van der Waals surface area contributed by atoms with Gasteiger partial charge in [0.1, 0.15) is 5.75 Å².